The molecule has 0 aliphatic heterocycles. The fourth-order valence-corrected chi connectivity index (χ4v) is 1.86. The lowest BCUT2D eigenvalue weighted by atomic mass is 9.98. The van der Waals surface area contributed by atoms with Crippen molar-refractivity contribution in [2.75, 3.05) is 19.6 Å². The smallest absolute Gasteiger partial charge is 0.0236 e. The number of hydrogen-bond donors (Lipinski definition) is 0. The van der Waals surface area contributed by atoms with Crippen LogP contribution in [0.15, 0.2) is 49.1 Å². The Hall–Kier alpha value is -1.78. The van der Waals surface area contributed by atoms with Gasteiger partial charge in [-0.1, -0.05) is 61.8 Å². The normalized spacial score (nSPS) is 11.5. The zero-order valence-electron chi connectivity index (χ0n) is 13.8. The van der Waals surface area contributed by atoms with Gasteiger partial charge in [0.15, 0.2) is 0 Å². The summed E-state index contributed by atoms with van der Waals surface area (Å²) in [5.74, 6) is 6.32. The molecule has 0 atom stereocenters. The van der Waals surface area contributed by atoms with Gasteiger partial charge in [-0.15, -0.1) is 0 Å². The molecule has 1 aromatic rings. The van der Waals surface area contributed by atoms with Gasteiger partial charge >= 0.3 is 0 Å². The van der Waals surface area contributed by atoms with Crippen LogP contribution in [0.25, 0.3) is 5.57 Å². The molecule has 0 aromatic heterocycles. The highest BCUT2D eigenvalue weighted by Crippen LogP contribution is 2.13. The van der Waals surface area contributed by atoms with Crippen molar-refractivity contribution in [1.29, 1.82) is 0 Å². The van der Waals surface area contributed by atoms with Crippen LogP contribution in [-0.4, -0.2) is 24.5 Å². The molecule has 1 heteroatoms. The fourth-order valence-electron chi connectivity index (χ4n) is 1.86. The maximum absolute atomic E-state index is 4.20. The van der Waals surface area contributed by atoms with Crippen LogP contribution < -0.4 is 0 Å². The Morgan fingerprint density at radius 2 is 1.90 bits per heavy atom. The Morgan fingerprint density at radius 3 is 2.48 bits per heavy atom. The van der Waals surface area contributed by atoms with E-state index < -0.39 is 0 Å². The molecular formula is C20H27N. The second kappa shape index (κ2) is 8.49. The van der Waals surface area contributed by atoms with E-state index >= 15 is 0 Å². The van der Waals surface area contributed by atoms with Gasteiger partial charge in [-0.25, -0.2) is 0 Å². The first-order valence-corrected chi connectivity index (χ1v) is 7.55. The van der Waals surface area contributed by atoms with Crippen LogP contribution >= 0.6 is 0 Å². The lowest BCUT2D eigenvalue weighted by Crippen LogP contribution is -2.25. The Kier molecular flexibility index (Phi) is 6.99. The van der Waals surface area contributed by atoms with Gasteiger partial charge in [0.1, 0.15) is 0 Å². The molecule has 112 valence electrons. The molecule has 0 saturated heterocycles. The minimum absolute atomic E-state index is 0.0659. The summed E-state index contributed by atoms with van der Waals surface area (Å²) in [6, 6.07) is 10.4. The van der Waals surface area contributed by atoms with E-state index in [1.54, 1.807) is 0 Å². The Balaban J connectivity index is 2.50. The molecule has 0 spiro atoms. The molecule has 1 rings (SSSR count). The molecule has 0 radical (unpaired) electrons. The van der Waals surface area contributed by atoms with Crippen molar-refractivity contribution in [2.24, 2.45) is 5.41 Å². The topological polar surface area (TPSA) is 3.24 Å². The highest BCUT2D eigenvalue weighted by Gasteiger charge is 2.04. The molecule has 1 aromatic carbocycles. The van der Waals surface area contributed by atoms with E-state index in [-0.39, 0.29) is 5.41 Å². The van der Waals surface area contributed by atoms with E-state index in [9.17, 15) is 0 Å². The molecule has 0 fully saturated rings. The molecule has 21 heavy (non-hydrogen) atoms. The van der Waals surface area contributed by atoms with Crippen LogP contribution in [0, 0.1) is 17.3 Å². The first kappa shape index (κ1) is 17.3. The summed E-state index contributed by atoms with van der Waals surface area (Å²) in [6.07, 6.45) is 4.08. The number of nitrogens with zero attached hydrogens (tertiary/aromatic N) is 1. The van der Waals surface area contributed by atoms with Crippen LogP contribution in [0.1, 0.15) is 33.3 Å². The molecule has 0 aliphatic carbocycles. The minimum atomic E-state index is 0.0659. The molecule has 0 amide bonds. The number of allylic oxidation sites excluding steroid dienone is 1. The molecule has 0 saturated carbocycles. The van der Waals surface area contributed by atoms with Crippen molar-refractivity contribution < 1.29 is 0 Å². The summed E-state index contributed by atoms with van der Waals surface area (Å²) in [5, 5.41) is 0. The third-order valence-electron chi connectivity index (χ3n) is 3.06. The average Bonchev–Trinajstić information content (AvgIpc) is 2.45. The van der Waals surface area contributed by atoms with Crippen LogP contribution in [0.2, 0.25) is 0 Å². The second-order valence-electron chi connectivity index (χ2n) is 6.22. The van der Waals surface area contributed by atoms with Gasteiger partial charge in [-0.3, -0.25) is 4.90 Å². The minimum Gasteiger partial charge on any atom is -0.296 e. The lowest BCUT2D eigenvalue weighted by Gasteiger charge is -2.19. The highest BCUT2D eigenvalue weighted by atomic mass is 15.1. The third kappa shape index (κ3) is 7.54. The fraction of sp³-hybridized carbons (Fsp3) is 0.400. The molecule has 0 unspecified atom stereocenters. The number of rotatable bonds is 6. The number of benzene rings is 1. The molecular weight excluding hydrogens is 254 g/mol. The van der Waals surface area contributed by atoms with Crippen molar-refractivity contribution >= 4 is 5.57 Å². The summed E-state index contributed by atoms with van der Waals surface area (Å²) in [4.78, 5) is 2.35. The predicted molar refractivity (Wildman–Crippen MR) is 94.0 cm³/mol. The quantitative estimate of drug-likeness (QED) is 0.687. The lowest BCUT2D eigenvalue weighted by molar-refractivity contribution is 0.360. The highest BCUT2D eigenvalue weighted by molar-refractivity contribution is 5.64. The Morgan fingerprint density at radius 1 is 1.24 bits per heavy atom. The van der Waals surface area contributed by atoms with Gasteiger partial charge in [0, 0.05) is 18.5 Å². The predicted octanol–water partition coefficient (Wildman–Crippen LogP) is 4.63. The first-order valence-electron chi connectivity index (χ1n) is 7.55. The van der Waals surface area contributed by atoms with Crippen molar-refractivity contribution in [3.63, 3.8) is 0 Å². The molecule has 1 nitrogen and oxygen atoms in total. The van der Waals surface area contributed by atoms with Crippen LogP contribution in [0.4, 0.5) is 0 Å². The molecule has 0 bridgehead atoms. The first-order chi connectivity index (χ1) is 9.92. The second-order valence-corrected chi connectivity index (χ2v) is 6.22. The summed E-state index contributed by atoms with van der Waals surface area (Å²) >= 11 is 0. The maximum Gasteiger partial charge on any atom is 0.0236 e. The maximum atomic E-state index is 4.20. The van der Waals surface area contributed by atoms with E-state index in [1.165, 1.54) is 5.56 Å². The van der Waals surface area contributed by atoms with Crippen molar-refractivity contribution in [2.45, 2.75) is 27.7 Å². The van der Waals surface area contributed by atoms with Crippen molar-refractivity contribution in [3.05, 3.63) is 54.6 Å². The van der Waals surface area contributed by atoms with E-state index in [4.69, 9.17) is 0 Å². The van der Waals surface area contributed by atoms with Crippen LogP contribution in [0.5, 0.6) is 0 Å². The van der Waals surface area contributed by atoms with E-state index in [0.29, 0.717) is 0 Å². The van der Waals surface area contributed by atoms with Crippen molar-refractivity contribution in [1.82, 2.24) is 4.90 Å². The Labute approximate surface area is 130 Å². The number of hydrogen-bond acceptors (Lipinski definition) is 1. The van der Waals surface area contributed by atoms with Gasteiger partial charge < -0.3 is 0 Å². The van der Waals surface area contributed by atoms with Gasteiger partial charge in [0.05, 0.1) is 0 Å². The van der Waals surface area contributed by atoms with E-state index in [2.05, 4.69) is 81.4 Å². The zero-order valence-corrected chi connectivity index (χ0v) is 13.8. The standard InChI is InChI=1S/C20H27N/c1-6-21(16-12-8-11-15-20(3,4)5)17-18(2)19-13-9-7-10-14-19/h7-10,12-14H,2,6,16-17H2,1,3-5H3/b12-8+. The zero-order chi connectivity index (χ0) is 15.7. The summed E-state index contributed by atoms with van der Waals surface area (Å²) in [5.41, 5.74) is 2.44. The van der Waals surface area contributed by atoms with Crippen molar-refractivity contribution in [3.8, 4) is 11.8 Å². The summed E-state index contributed by atoms with van der Waals surface area (Å²) < 4.78 is 0. The van der Waals surface area contributed by atoms with Crippen LogP contribution in [-0.2, 0) is 0 Å². The SMILES string of the molecule is C=C(CN(CC)C/C=C/C#CC(C)(C)C)c1ccccc1. The molecule has 0 N–H and O–H groups in total. The van der Waals surface area contributed by atoms with E-state index in [0.717, 1.165) is 25.2 Å². The summed E-state index contributed by atoms with van der Waals surface area (Å²) in [6.45, 7) is 15.5. The third-order valence-corrected chi connectivity index (χ3v) is 3.06. The monoisotopic (exact) mass is 281 g/mol. The molecule has 0 heterocycles. The van der Waals surface area contributed by atoms with Gasteiger partial charge in [-0.05, 0) is 44.5 Å². The van der Waals surface area contributed by atoms with E-state index in [1.807, 2.05) is 12.1 Å². The average molecular weight is 281 g/mol. The largest absolute Gasteiger partial charge is 0.296 e. The van der Waals surface area contributed by atoms with Gasteiger partial charge in [0.25, 0.3) is 0 Å². The van der Waals surface area contributed by atoms with Gasteiger partial charge in [0.2, 0.25) is 0 Å². The Bertz CT molecular complexity index is 520. The van der Waals surface area contributed by atoms with Gasteiger partial charge in [-0.2, -0.15) is 0 Å². The number of likely N-dealkylation sites (N-methyl/N-ethyl adjacent to an activating group) is 1. The summed E-state index contributed by atoms with van der Waals surface area (Å²) in [7, 11) is 0. The molecule has 0 aliphatic rings. The van der Waals surface area contributed by atoms with Crippen LogP contribution in [0.3, 0.4) is 0 Å².